The molecule has 0 heterocycles. The number of amides is 1. The highest BCUT2D eigenvalue weighted by Gasteiger charge is 2.09. The zero-order chi connectivity index (χ0) is 15.4. The summed E-state index contributed by atoms with van der Waals surface area (Å²) in [7, 11) is 0. The Hall–Kier alpha value is -2.56. The molecule has 2 rings (SSSR count). The number of benzene rings is 2. The predicted molar refractivity (Wildman–Crippen MR) is 75.1 cm³/mol. The zero-order valence-electron chi connectivity index (χ0n) is 11.3. The third kappa shape index (κ3) is 3.95. The van der Waals surface area contributed by atoms with Gasteiger partial charge >= 0.3 is 0 Å². The summed E-state index contributed by atoms with van der Waals surface area (Å²) in [4.78, 5) is 22.9. The van der Waals surface area contributed by atoms with Crippen molar-refractivity contribution in [3.8, 4) is 0 Å². The number of nitrogens with one attached hydrogen (secondary N) is 1. The average Bonchev–Trinajstić information content (AvgIpc) is 2.42. The minimum atomic E-state index is -0.753. The molecule has 3 nitrogen and oxygen atoms in total. The second-order valence-electron chi connectivity index (χ2n) is 4.59. The lowest BCUT2D eigenvalue weighted by atomic mass is 10.1. The van der Waals surface area contributed by atoms with Crippen molar-refractivity contribution < 1.29 is 18.4 Å². The first-order valence-electron chi connectivity index (χ1n) is 6.30. The number of carbonyl (C=O) groups excluding carboxylic acids is 2. The topological polar surface area (TPSA) is 46.2 Å². The highest BCUT2D eigenvalue weighted by Crippen LogP contribution is 2.13. The van der Waals surface area contributed by atoms with Crippen LogP contribution in [0, 0.1) is 11.6 Å². The summed E-state index contributed by atoms with van der Waals surface area (Å²) in [5.74, 6) is -1.93. The maximum atomic E-state index is 13.4. The number of Topliss-reactive ketones (excluding diaryl/α,β-unsaturated/α-hetero) is 1. The molecule has 1 amide bonds. The highest BCUT2D eigenvalue weighted by molar-refractivity contribution is 5.96. The molecule has 1 N–H and O–H groups in total. The van der Waals surface area contributed by atoms with Gasteiger partial charge in [0.25, 0.3) is 0 Å². The predicted octanol–water partition coefficient (Wildman–Crippen LogP) is 3.35. The minimum absolute atomic E-state index is 0.0683. The first-order chi connectivity index (χ1) is 9.95. The first-order valence-corrected chi connectivity index (χ1v) is 6.30. The van der Waals surface area contributed by atoms with E-state index in [1.807, 2.05) is 0 Å². The monoisotopic (exact) mass is 289 g/mol. The summed E-state index contributed by atoms with van der Waals surface area (Å²) in [6, 6.07) is 9.46. The molecule has 0 aliphatic rings. The van der Waals surface area contributed by atoms with Gasteiger partial charge in [-0.2, -0.15) is 0 Å². The van der Waals surface area contributed by atoms with Gasteiger partial charge in [0.15, 0.2) is 5.78 Å². The van der Waals surface area contributed by atoms with E-state index in [1.54, 1.807) is 24.3 Å². The van der Waals surface area contributed by atoms with Crippen molar-refractivity contribution in [1.29, 1.82) is 0 Å². The van der Waals surface area contributed by atoms with Gasteiger partial charge in [-0.15, -0.1) is 0 Å². The van der Waals surface area contributed by atoms with Crippen molar-refractivity contribution in [3.05, 3.63) is 65.2 Å². The molecule has 0 aliphatic carbocycles. The van der Waals surface area contributed by atoms with Gasteiger partial charge in [-0.1, -0.05) is 6.07 Å². The maximum Gasteiger partial charge on any atom is 0.228 e. The molecule has 0 bridgehead atoms. The molecular formula is C16H13F2NO2. The van der Waals surface area contributed by atoms with E-state index in [-0.39, 0.29) is 17.8 Å². The Balaban J connectivity index is 2.02. The molecule has 5 heteroatoms. The second kappa shape index (κ2) is 6.26. The summed E-state index contributed by atoms with van der Waals surface area (Å²) >= 11 is 0. The van der Waals surface area contributed by atoms with Crippen LogP contribution in [0.2, 0.25) is 0 Å². The Kier molecular flexibility index (Phi) is 4.42. The van der Waals surface area contributed by atoms with Gasteiger partial charge in [-0.25, -0.2) is 8.78 Å². The quantitative estimate of drug-likeness (QED) is 0.877. The summed E-state index contributed by atoms with van der Waals surface area (Å²) in [5, 5.41) is 2.59. The maximum absolute atomic E-state index is 13.4. The molecule has 21 heavy (non-hydrogen) atoms. The van der Waals surface area contributed by atoms with Gasteiger partial charge in [-0.3, -0.25) is 9.59 Å². The highest BCUT2D eigenvalue weighted by atomic mass is 19.1. The Morgan fingerprint density at radius 1 is 1.05 bits per heavy atom. The van der Waals surface area contributed by atoms with E-state index in [4.69, 9.17) is 0 Å². The fourth-order valence-corrected chi connectivity index (χ4v) is 1.83. The Morgan fingerprint density at radius 3 is 2.29 bits per heavy atom. The van der Waals surface area contributed by atoms with E-state index >= 15 is 0 Å². The summed E-state index contributed by atoms with van der Waals surface area (Å²) in [6.45, 7) is 1.45. The number of hydrogen-bond acceptors (Lipinski definition) is 2. The molecular weight excluding hydrogens is 276 g/mol. The summed E-state index contributed by atoms with van der Waals surface area (Å²) in [6.07, 6.45) is -0.194. The van der Waals surface area contributed by atoms with Crippen LogP contribution in [0.25, 0.3) is 0 Å². The Labute approximate surface area is 120 Å². The number of hydrogen-bond donors (Lipinski definition) is 1. The van der Waals surface area contributed by atoms with E-state index < -0.39 is 17.5 Å². The van der Waals surface area contributed by atoms with Gasteiger partial charge in [0.05, 0.1) is 6.42 Å². The Bertz CT molecular complexity index is 681. The van der Waals surface area contributed by atoms with Crippen LogP contribution >= 0.6 is 0 Å². The Morgan fingerprint density at radius 2 is 1.71 bits per heavy atom. The van der Waals surface area contributed by atoms with E-state index in [0.717, 1.165) is 12.1 Å². The van der Waals surface area contributed by atoms with Crippen LogP contribution < -0.4 is 5.32 Å². The van der Waals surface area contributed by atoms with Gasteiger partial charge in [0.2, 0.25) is 5.91 Å². The third-order valence-corrected chi connectivity index (χ3v) is 2.94. The van der Waals surface area contributed by atoms with E-state index in [9.17, 15) is 18.4 Å². The normalized spacial score (nSPS) is 10.2. The molecule has 0 fully saturated rings. The van der Waals surface area contributed by atoms with Crippen LogP contribution in [0.15, 0.2) is 42.5 Å². The van der Waals surface area contributed by atoms with Gasteiger partial charge < -0.3 is 5.32 Å². The van der Waals surface area contributed by atoms with Crippen molar-refractivity contribution >= 4 is 17.4 Å². The lowest BCUT2D eigenvalue weighted by Gasteiger charge is -2.07. The molecule has 0 aromatic heterocycles. The molecule has 0 saturated carbocycles. The van der Waals surface area contributed by atoms with Crippen molar-refractivity contribution in [2.75, 3.05) is 5.32 Å². The lowest BCUT2D eigenvalue weighted by molar-refractivity contribution is -0.115. The van der Waals surface area contributed by atoms with Crippen LogP contribution in [-0.4, -0.2) is 11.7 Å². The number of ketones is 1. The molecule has 0 aliphatic heterocycles. The van der Waals surface area contributed by atoms with Crippen molar-refractivity contribution in [1.82, 2.24) is 0 Å². The smallest absolute Gasteiger partial charge is 0.228 e. The van der Waals surface area contributed by atoms with Crippen molar-refractivity contribution in [2.45, 2.75) is 13.3 Å². The van der Waals surface area contributed by atoms with E-state index in [1.165, 1.54) is 13.0 Å². The van der Waals surface area contributed by atoms with Crippen molar-refractivity contribution in [3.63, 3.8) is 0 Å². The number of rotatable bonds is 4. The van der Waals surface area contributed by atoms with E-state index in [0.29, 0.717) is 11.3 Å². The number of carbonyl (C=O) groups is 2. The lowest BCUT2D eigenvalue weighted by Crippen LogP contribution is -2.15. The zero-order valence-corrected chi connectivity index (χ0v) is 11.3. The number of halogens is 2. The van der Waals surface area contributed by atoms with Crippen LogP contribution in [0.3, 0.4) is 0 Å². The van der Waals surface area contributed by atoms with Crippen molar-refractivity contribution in [2.24, 2.45) is 0 Å². The average molecular weight is 289 g/mol. The molecule has 108 valence electrons. The summed E-state index contributed by atoms with van der Waals surface area (Å²) < 4.78 is 26.2. The van der Waals surface area contributed by atoms with Crippen LogP contribution in [0.5, 0.6) is 0 Å². The fourth-order valence-electron chi connectivity index (χ4n) is 1.83. The van der Waals surface area contributed by atoms with Crippen LogP contribution in [0.4, 0.5) is 14.5 Å². The standard InChI is InChI=1S/C16H13F2NO2/c1-10(20)11-3-6-14(7-4-11)19-16(21)8-12-2-5-13(17)9-15(12)18/h2-7,9H,8H2,1H3,(H,19,21). The van der Waals surface area contributed by atoms with Gasteiger partial charge in [0.1, 0.15) is 11.6 Å². The van der Waals surface area contributed by atoms with Gasteiger partial charge in [0, 0.05) is 17.3 Å². The van der Waals surface area contributed by atoms with Gasteiger partial charge in [-0.05, 0) is 42.8 Å². The largest absolute Gasteiger partial charge is 0.326 e. The van der Waals surface area contributed by atoms with E-state index in [2.05, 4.69) is 5.32 Å². The molecule has 0 unspecified atom stereocenters. The minimum Gasteiger partial charge on any atom is -0.326 e. The summed E-state index contributed by atoms with van der Waals surface area (Å²) in [5.41, 5.74) is 1.17. The molecule has 0 spiro atoms. The molecule has 2 aromatic rings. The van der Waals surface area contributed by atoms with Crippen LogP contribution in [0.1, 0.15) is 22.8 Å². The third-order valence-electron chi connectivity index (χ3n) is 2.94. The molecule has 0 saturated heterocycles. The fraction of sp³-hybridized carbons (Fsp3) is 0.125. The number of anilines is 1. The molecule has 2 aromatic carbocycles. The second-order valence-corrected chi connectivity index (χ2v) is 4.59. The first kappa shape index (κ1) is 14.8. The SMILES string of the molecule is CC(=O)c1ccc(NC(=O)Cc2ccc(F)cc2F)cc1. The molecule has 0 radical (unpaired) electrons. The molecule has 0 atom stereocenters. The van der Waals surface area contributed by atoms with Crippen LogP contribution in [-0.2, 0) is 11.2 Å².